The van der Waals surface area contributed by atoms with Gasteiger partial charge in [-0.15, -0.1) is 0 Å². The zero-order valence-electron chi connectivity index (χ0n) is 14.6. The van der Waals surface area contributed by atoms with Crippen molar-refractivity contribution in [3.63, 3.8) is 0 Å². The Kier molecular flexibility index (Phi) is 4.63. The number of fused-ring (bicyclic) bond motifs is 1. The van der Waals surface area contributed by atoms with E-state index < -0.39 is 0 Å². The van der Waals surface area contributed by atoms with Gasteiger partial charge in [0.15, 0.2) is 0 Å². The van der Waals surface area contributed by atoms with Gasteiger partial charge in [-0.25, -0.2) is 19.5 Å². The van der Waals surface area contributed by atoms with Gasteiger partial charge in [-0.1, -0.05) is 11.3 Å². The van der Waals surface area contributed by atoms with Crippen LogP contribution in [0.5, 0.6) is 0 Å². The van der Waals surface area contributed by atoms with Crippen LogP contribution in [0.1, 0.15) is 41.0 Å². The molecule has 1 aliphatic heterocycles. The molecule has 8 heteroatoms. The third-order valence-electron chi connectivity index (χ3n) is 4.50. The number of piperidine rings is 1. The molecule has 0 bridgehead atoms. The molecule has 3 aromatic rings. The van der Waals surface area contributed by atoms with Crippen molar-refractivity contribution in [3.05, 3.63) is 34.5 Å². The highest BCUT2D eigenvalue weighted by atomic mass is 32.1. The van der Waals surface area contributed by atoms with Crippen molar-refractivity contribution in [2.45, 2.75) is 39.0 Å². The largest absolute Gasteiger partial charge is 0.370 e. The molecule has 1 aliphatic rings. The third-order valence-corrected chi connectivity index (χ3v) is 5.33. The fourth-order valence-electron chi connectivity index (χ4n) is 3.29. The van der Waals surface area contributed by atoms with Gasteiger partial charge < -0.3 is 10.6 Å². The molecule has 1 saturated heterocycles. The average Bonchev–Trinajstić information content (AvgIpc) is 3.12. The Bertz CT molecular complexity index is 832. The number of nitrogens with one attached hydrogen (secondary N) is 2. The normalized spacial score (nSPS) is 15.8. The minimum Gasteiger partial charge on any atom is -0.370 e. The quantitative estimate of drug-likeness (QED) is 0.729. The summed E-state index contributed by atoms with van der Waals surface area (Å²) in [5, 5.41) is 12.3. The lowest BCUT2D eigenvalue weighted by atomic mass is 9.94. The molecular formula is C17H23N7S. The SMILES string of the molecule is Cc1nc(NCCc2cn3nc(C)sc3n2)cc(C2CCNCC2)n1. The first-order valence-corrected chi connectivity index (χ1v) is 9.61. The van der Waals surface area contributed by atoms with Gasteiger partial charge >= 0.3 is 0 Å². The van der Waals surface area contributed by atoms with E-state index in [1.54, 1.807) is 11.3 Å². The van der Waals surface area contributed by atoms with Crippen molar-refractivity contribution in [2.24, 2.45) is 0 Å². The Balaban J connectivity index is 1.39. The molecule has 3 aromatic heterocycles. The molecule has 2 N–H and O–H groups in total. The third kappa shape index (κ3) is 3.80. The van der Waals surface area contributed by atoms with Crippen LogP contribution in [0.25, 0.3) is 4.96 Å². The summed E-state index contributed by atoms with van der Waals surface area (Å²) in [6.45, 7) is 6.90. The number of hydrogen-bond donors (Lipinski definition) is 2. The van der Waals surface area contributed by atoms with E-state index >= 15 is 0 Å². The number of nitrogens with zero attached hydrogens (tertiary/aromatic N) is 5. The van der Waals surface area contributed by atoms with E-state index in [4.69, 9.17) is 0 Å². The van der Waals surface area contributed by atoms with Gasteiger partial charge in [0.2, 0.25) is 4.96 Å². The van der Waals surface area contributed by atoms with E-state index in [0.29, 0.717) is 5.92 Å². The number of imidazole rings is 1. The summed E-state index contributed by atoms with van der Waals surface area (Å²) in [5.41, 5.74) is 2.22. The highest BCUT2D eigenvalue weighted by Gasteiger charge is 2.17. The second-order valence-electron chi connectivity index (χ2n) is 6.51. The van der Waals surface area contributed by atoms with Gasteiger partial charge in [0.05, 0.1) is 11.9 Å². The van der Waals surface area contributed by atoms with Crippen molar-refractivity contribution in [3.8, 4) is 0 Å². The Morgan fingerprint density at radius 3 is 2.88 bits per heavy atom. The molecular weight excluding hydrogens is 334 g/mol. The van der Waals surface area contributed by atoms with E-state index in [1.165, 1.54) is 5.69 Å². The molecule has 1 fully saturated rings. The number of hydrogen-bond acceptors (Lipinski definition) is 7. The maximum absolute atomic E-state index is 4.65. The van der Waals surface area contributed by atoms with Gasteiger partial charge in [0, 0.05) is 30.6 Å². The predicted molar refractivity (Wildman–Crippen MR) is 99.4 cm³/mol. The summed E-state index contributed by atoms with van der Waals surface area (Å²) in [7, 11) is 0. The topological polar surface area (TPSA) is 80.0 Å². The maximum atomic E-state index is 4.65. The minimum atomic E-state index is 0.540. The van der Waals surface area contributed by atoms with Crippen LogP contribution in [0.3, 0.4) is 0 Å². The molecule has 0 radical (unpaired) electrons. The number of anilines is 1. The van der Waals surface area contributed by atoms with Gasteiger partial charge in [-0.05, 0) is 39.8 Å². The molecule has 0 aromatic carbocycles. The van der Waals surface area contributed by atoms with E-state index in [-0.39, 0.29) is 0 Å². The summed E-state index contributed by atoms with van der Waals surface area (Å²) < 4.78 is 1.86. The van der Waals surface area contributed by atoms with E-state index in [2.05, 4.69) is 36.8 Å². The van der Waals surface area contributed by atoms with Crippen molar-refractivity contribution < 1.29 is 0 Å². The fraction of sp³-hybridized carbons (Fsp3) is 0.529. The summed E-state index contributed by atoms with van der Waals surface area (Å²) in [5.74, 6) is 2.29. The molecule has 4 rings (SSSR count). The standard InChI is InChI=1S/C17H23N7S/c1-11-20-15(13-3-6-18-7-4-13)9-16(21-11)19-8-5-14-10-24-17(22-14)25-12(2)23-24/h9-10,13,18H,3-8H2,1-2H3,(H,19,20,21). The van der Waals surface area contributed by atoms with Crippen LogP contribution in [0, 0.1) is 13.8 Å². The molecule has 0 unspecified atom stereocenters. The second-order valence-corrected chi connectivity index (χ2v) is 7.67. The molecule has 25 heavy (non-hydrogen) atoms. The van der Waals surface area contributed by atoms with Crippen LogP contribution in [0.2, 0.25) is 0 Å². The lowest BCUT2D eigenvalue weighted by Gasteiger charge is -2.22. The van der Waals surface area contributed by atoms with Gasteiger partial charge in [-0.2, -0.15) is 5.10 Å². The lowest BCUT2D eigenvalue weighted by Crippen LogP contribution is -2.27. The van der Waals surface area contributed by atoms with Crippen molar-refractivity contribution >= 4 is 22.1 Å². The van der Waals surface area contributed by atoms with Crippen molar-refractivity contribution in [1.29, 1.82) is 0 Å². The molecule has 0 amide bonds. The van der Waals surface area contributed by atoms with Gasteiger partial charge in [0.1, 0.15) is 16.6 Å². The van der Waals surface area contributed by atoms with Crippen molar-refractivity contribution in [1.82, 2.24) is 29.9 Å². The number of aryl methyl sites for hydroxylation is 2. The predicted octanol–water partition coefficient (Wildman–Crippen LogP) is 2.32. The Morgan fingerprint density at radius 2 is 2.08 bits per heavy atom. The van der Waals surface area contributed by atoms with Crippen LogP contribution in [-0.2, 0) is 6.42 Å². The maximum Gasteiger partial charge on any atom is 0.212 e. The van der Waals surface area contributed by atoms with Crippen LogP contribution in [-0.4, -0.2) is 44.2 Å². The van der Waals surface area contributed by atoms with Crippen LogP contribution < -0.4 is 10.6 Å². The van der Waals surface area contributed by atoms with Crippen LogP contribution in [0.4, 0.5) is 5.82 Å². The zero-order chi connectivity index (χ0) is 17.2. The number of aromatic nitrogens is 5. The molecule has 7 nitrogen and oxygen atoms in total. The Morgan fingerprint density at radius 1 is 1.24 bits per heavy atom. The highest BCUT2D eigenvalue weighted by molar-refractivity contribution is 7.16. The average molecular weight is 357 g/mol. The summed E-state index contributed by atoms with van der Waals surface area (Å²) in [6, 6.07) is 2.11. The summed E-state index contributed by atoms with van der Waals surface area (Å²) in [6.07, 6.45) is 5.15. The molecule has 0 spiro atoms. The van der Waals surface area contributed by atoms with E-state index in [0.717, 1.165) is 66.2 Å². The van der Waals surface area contributed by atoms with Crippen molar-refractivity contribution in [2.75, 3.05) is 25.0 Å². The van der Waals surface area contributed by atoms with E-state index in [1.807, 2.05) is 24.6 Å². The lowest BCUT2D eigenvalue weighted by molar-refractivity contribution is 0.452. The second kappa shape index (κ2) is 7.05. The first-order chi connectivity index (χ1) is 12.2. The van der Waals surface area contributed by atoms with Crippen LogP contribution in [0.15, 0.2) is 12.3 Å². The fourth-order valence-corrected chi connectivity index (χ4v) is 4.04. The Labute approximate surface area is 150 Å². The summed E-state index contributed by atoms with van der Waals surface area (Å²) >= 11 is 1.62. The molecule has 0 saturated carbocycles. The zero-order valence-corrected chi connectivity index (χ0v) is 15.4. The molecule has 0 atom stereocenters. The first kappa shape index (κ1) is 16.4. The van der Waals surface area contributed by atoms with E-state index in [9.17, 15) is 0 Å². The molecule has 132 valence electrons. The van der Waals surface area contributed by atoms with Crippen LogP contribution >= 0.6 is 11.3 Å². The highest BCUT2D eigenvalue weighted by Crippen LogP contribution is 2.25. The first-order valence-electron chi connectivity index (χ1n) is 8.79. The minimum absolute atomic E-state index is 0.540. The molecule has 4 heterocycles. The Hall–Kier alpha value is -2.06. The molecule has 0 aliphatic carbocycles. The number of rotatable bonds is 5. The smallest absolute Gasteiger partial charge is 0.212 e. The van der Waals surface area contributed by atoms with Gasteiger partial charge in [-0.3, -0.25) is 0 Å². The monoisotopic (exact) mass is 357 g/mol. The summed E-state index contributed by atoms with van der Waals surface area (Å²) in [4.78, 5) is 14.8. The van der Waals surface area contributed by atoms with Gasteiger partial charge in [0.25, 0.3) is 0 Å².